The zero-order valence-corrected chi connectivity index (χ0v) is 11.2. The Hall–Kier alpha value is -1.03. The number of rotatable bonds is 0. The Morgan fingerprint density at radius 3 is 1.81 bits per heavy atom. The zero-order chi connectivity index (χ0) is 11.2. The predicted octanol–water partition coefficient (Wildman–Crippen LogP) is 4.44. The molecule has 0 aromatic heterocycles. The minimum absolute atomic E-state index is 0.0518. The van der Waals surface area contributed by atoms with Crippen molar-refractivity contribution in [2.75, 3.05) is 5.32 Å². The third-order valence-electron chi connectivity index (χ3n) is 3.14. The summed E-state index contributed by atoms with van der Waals surface area (Å²) < 4.78 is 0.0518. The summed E-state index contributed by atoms with van der Waals surface area (Å²) in [6, 6.07) is 17.0. The Morgan fingerprint density at radius 2 is 1.31 bits per heavy atom. The minimum Gasteiger partial charge on any atom is -0.355 e. The van der Waals surface area contributed by atoms with E-state index in [9.17, 15) is 0 Å². The van der Waals surface area contributed by atoms with Gasteiger partial charge in [-0.2, -0.15) is 0 Å². The van der Waals surface area contributed by atoms with Crippen molar-refractivity contribution < 1.29 is 0 Å². The van der Waals surface area contributed by atoms with Gasteiger partial charge in [0.2, 0.25) is 0 Å². The Bertz CT molecular complexity index is 498. The third-order valence-corrected chi connectivity index (χ3v) is 4.30. The lowest BCUT2D eigenvalue weighted by Gasteiger charge is -2.33. The van der Waals surface area contributed by atoms with Gasteiger partial charge in [0.15, 0.2) is 0 Å². The number of alkyl halides is 1. The van der Waals surface area contributed by atoms with Crippen molar-refractivity contribution in [1.82, 2.24) is 0 Å². The van der Waals surface area contributed by atoms with Gasteiger partial charge in [0.25, 0.3) is 0 Å². The molecule has 1 aliphatic heterocycles. The quantitative estimate of drug-likeness (QED) is 0.559. The molecule has 0 aliphatic carbocycles. The van der Waals surface area contributed by atoms with E-state index in [1.807, 2.05) is 0 Å². The molecule has 2 aromatic rings. The van der Waals surface area contributed by atoms with E-state index in [1.54, 1.807) is 0 Å². The molecule has 0 atom stereocenters. The SMILES string of the molecule is CC1(I)c2ccccc2Nc2ccccc21. The number of fused-ring (bicyclic) bond motifs is 2. The second-order valence-corrected chi connectivity index (χ2v) is 6.38. The minimum atomic E-state index is 0.0518. The van der Waals surface area contributed by atoms with Crippen LogP contribution in [0.15, 0.2) is 48.5 Å². The zero-order valence-electron chi connectivity index (χ0n) is 9.00. The first-order valence-corrected chi connectivity index (χ1v) is 6.42. The van der Waals surface area contributed by atoms with Gasteiger partial charge in [-0.3, -0.25) is 0 Å². The summed E-state index contributed by atoms with van der Waals surface area (Å²) in [5.74, 6) is 0. The molecule has 3 rings (SSSR count). The molecule has 0 fully saturated rings. The van der Waals surface area contributed by atoms with Gasteiger partial charge in [-0.1, -0.05) is 59.0 Å². The van der Waals surface area contributed by atoms with Gasteiger partial charge < -0.3 is 5.32 Å². The van der Waals surface area contributed by atoms with Crippen molar-refractivity contribution >= 4 is 34.0 Å². The lowest BCUT2D eigenvalue weighted by atomic mass is 9.87. The van der Waals surface area contributed by atoms with Gasteiger partial charge in [0.05, 0.1) is 3.42 Å². The van der Waals surface area contributed by atoms with E-state index < -0.39 is 0 Å². The smallest absolute Gasteiger partial charge is 0.0730 e. The molecule has 1 N–H and O–H groups in total. The molecule has 2 aromatic carbocycles. The maximum atomic E-state index is 3.49. The molecule has 1 nitrogen and oxygen atoms in total. The number of hydrogen-bond donors (Lipinski definition) is 1. The van der Waals surface area contributed by atoms with E-state index in [4.69, 9.17) is 0 Å². The van der Waals surface area contributed by atoms with E-state index in [1.165, 1.54) is 22.5 Å². The van der Waals surface area contributed by atoms with Crippen molar-refractivity contribution in [3.8, 4) is 0 Å². The largest absolute Gasteiger partial charge is 0.355 e. The summed E-state index contributed by atoms with van der Waals surface area (Å²) in [5, 5.41) is 3.49. The van der Waals surface area contributed by atoms with Crippen LogP contribution in [-0.4, -0.2) is 0 Å². The lowest BCUT2D eigenvalue weighted by Crippen LogP contribution is -2.22. The fraction of sp³-hybridized carbons (Fsp3) is 0.143. The number of para-hydroxylation sites is 2. The number of nitrogens with one attached hydrogen (secondary N) is 1. The summed E-state index contributed by atoms with van der Waals surface area (Å²) in [7, 11) is 0. The summed E-state index contributed by atoms with van der Waals surface area (Å²) in [4.78, 5) is 0. The summed E-state index contributed by atoms with van der Waals surface area (Å²) in [6.07, 6.45) is 0. The van der Waals surface area contributed by atoms with Gasteiger partial charge in [-0.25, -0.2) is 0 Å². The third kappa shape index (κ3) is 1.36. The first-order chi connectivity index (χ1) is 7.69. The molecule has 0 radical (unpaired) electrons. The highest BCUT2D eigenvalue weighted by molar-refractivity contribution is 14.1. The van der Waals surface area contributed by atoms with E-state index >= 15 is 0 Å². The molecule has 80 valence electrons. The van der Waals surface area contributed by atoms with Crippen molar-refractivity contribution in [3.05, 3.63) is 59.7 Å². The van der Waals surface area contributed by atoms with Crippen molar-refractivity contribution in [2.45, 2.75) is 10.3 Å². The summed E-state index contributed by atoms with van der Waals surface area (Å²) in [5.41, 5.74) is 5.15. The molecule has 0 amide bonds. The predicted molar refractivity (Wildman–Crippen MR) is 76.6 cm³/mol. The second-order valence-electron chi connectivity index (χ2n) is 4.22. The van der Waals surface area contributed by atoms with Crippen LogP contribution in [0, 0.1) is 0 Å². The molecule has 0 spiro atoms. The van der Waals surface area contributed by atoms with Crippen LogP contribution >= 0.6 is 22.6 Å². The Morgan fingerprint density at radius 1 is 0.875 bits per heavy atom. The lowest BCUT2D eigenvalue weighted by molar-refractivity contribution is 0.874. The molecule has 0 saturated carbocycles. The van der Waals surface area contributed by atoms with Crippen molar-refractivity contribution in [2.24, 2.45) is 0 Å². The summed E-state index contributed by atoms with van der Waals surface area (Å²) in [6.45, 7) is 2.27. The first kappa shape index (κ1) is 10.1. The highest BCUT2D eigenvalue weighted by Crippen LogP contribution is 2.49. The number of hydrogen-bond acceptors (Lipinski definition) is 1. The van der Waals surface area contributed by atoms with Gasteiger partial charge >= 0.3 is 0 Å². The molecule has 16 heavy (non-hydrogen) atoms. The fourth-order valence-corrected chi connectivity index (χ4v) is 3.23. The van der Waals surface area contributed by atoms with Gasteiger partial charge in [-0.15, -0.1) is 0 Å². The average molecular weight is 321 g/mol. The van der Waals surface area contributed by atoms with Crippen LogP contribution in [0.2, 0.25) is 0 Å². The molecular formula is C14H12IN. The molecule has 1 heterocycles. The monoisotopic (exact) mass is 321 g/mol. The van der Waals surface area contributed by atoms with Gasteiger partial charge in [0, 0.05) is 11.4 Å². The first-order valence-electron chi connectivity index (χ1n) is 5.34. The van der Waals surface area contributed by atoms with Crippen LogP contribution in [0.1, 0.15) is 18.1 Å². The maximum absolute atomic E-state index is 3.49. The number of benzene rings is 2. The second kappa shape index (κ2) is 3.48. The molecule has 0 unspecified atom stereocenters. The van der Waals surface area contributed by atoms with Crippen LogP contribution in [-0.2, 0) is 3.42 Å². The highest BCUT2D eigenvalue weighted by atomic mass is 127. The van der Waals surface area contributed by atoms with Crippen molar-refractivity contribution in [3.63, 3.8) is 0 Å². The van der Waals surface area contributed by atoms with Crippen LogP contribution in [0.4, 0.5) is 11.4 Å². The maximum Gasteiger partial charge on any atom is 0.0730 e. The van der Waals surface area contributed by atoms with Crippen LogP contribution < -0.4 is 5.32 Å². The Balaban J connectivity index is 2.28. The van der Waals surface area contributed by atoms with Crippen LogP contribution in [0.25, 0.3) is 0 Å². The molecule has 2 heteroatoms. The Labute approximate surface area is 109 Å². The molecule has 1 aliphatic rings. The normalized spacial score (nSPS) is 15.9. The van der Waals surface area contributed by atoms with E-state index in [-0.39, 0.29) is 3.42 Å². The van der Waals surface area contributed by atoms with Crippen molar-refractivity contribution in [1.29, 1.82) is 0 Å². The van der Waals surface area contributed by atoms with Crippen LogP contribution in [0.3, 0.4) is 0 Å². The van der Waals surface area contributed by atoms with Gasteiger partial charge in [0.1, 0.15) is 0 Å². The van der Waals surface area contributed by atoms with Crippen LogP contribution in [0.5, 0.6) is 0 Å². The molecule has 0 saturated heterocycles. The van der Waals surface area contributed by atoms with E-state index in [2.05, 4.69) is 83.4 Å². The number of anilines is 2. The standard InChI is InChI=1S/C14H12IN/c1-14(15)10-6-2-4-8-12(10)16-13-9-5-3-7-11(13)14/h2-9,16H,1H3. The van der Waals surface area contributed by atoms with E-state index in [0.29, 0.717) is 0 Å². The topological polar surface area (TPSA) is 12.0 Å². The van der Waals surface area contributed by atoms with Gasteiger partial charge in [-0.05, 0) is 30.2 Å². The Kier molecular flexibility index (Phi) is 2.21. The molecular weight excluding hydrogens is 309 g/mol. The summed E-state index contributed by atoms with van der Waals surface area (Å²) >= 11 is 2.53. The van der Waals surface area contributed by atoms with E-state index in [0.717, 1.165) is 0 Å². The highest BCUT2D eigenvalue weighted by Gasteiger charge is 2.33. The fourth-order valence-electron chi connectivity index (χ4n) is 2.29. The molecule has 0 bridgehead atoms. The number of halogens is 1. The average Bonchev–Trinajstić information content (AvgIpc) is 2.29.